The molecule has 1 saturated heterocycles. The number of hydrogen-bond donors (Lipinski definition) is 0. The number of aromatic nitrogens is 1. The second kappa shape index (κ2) is 8.58. The predicted octanol–water partition coefficient (Wildman–Crippen LogP) is 2.20. The van der Waals surface area contributed by atoms with Crippen LogP contribution in [-0.2, 0) is 27.4 Å². The Hall–Kier alpha value is -1.01. The highest BCUT2D eigenvalue weighted by Gasteiger charge is 2.15. The average Bonchev–Trinajstić information content (AvgIpc) is 2.49. The Labute approximate surface area is 133 Å². The molecule has 5 nitrogen and oxygen atoms in total. The van der Waals surface area contributed by atoms with Crippen LogP contribution in [0.15, 0.2) is 12.1 Å². The molecule has 0 spiro atoms. The molecule has 0 aromatic carbocycles. The van der Waals surface area contributed by atoms with Crippen molar-refractivity contribution in [2.24, 2.45) is 0 Å². The van der Waals surface area contributed by atoms with Gasteiger partial charge in [0.1, 0.15) is 6.10 Å². The summed E-state index contributed by atoms with van der Waals surface area (Å²) in [6, 6.07) is 4.24. The first-order valence-electron chi connectivity index (χ1n) is 7.96. The molecule has 0 saturated carbocycles. The highest BCUT2D eigenvalue weighted by molar-refractivity contribution is 5.24. The first-order valence-corrected chi connectivity index (χ1v) is 7.96. The normalized spacial score (nSPS) is 19.1. The van der Waals surface area contributed by atoms with Crippen molar-refractivity contribution in [3.63, 3.8) is 0 Å². The molecule has 1 aliphatic heterocycles. The lowest BCUT2D eigenvalue weighted by atomic mass is 10.1. The molecule has 124 valence electrons. The van der Waals surface area contributed by atoms with Crippen LogP contribution in [0.4, 0.5) is 0 Å². The maximum atomic E-state index is 5.82. The van der Waals surface area contributed by atoms with Crippen LogP contribution in [0.2, 0.25) is 0 Å². The van der Waals surface area contributed by atoms with Gasteiger partial charge < -0.3 is 19.1 Å². The third-order valence-electron chi connectivity index (χ3n) is 3.59. The maximum Gasteiger partial charge on any atom is 0.104 e. The van der Waals surface area contributed by atoms with Crippen molar-refractivity contribution in [1.82, 2.24) is 9.88 Å². The van der Waals surface area contributed by atoms with E-state index >= 15 is 0 Å². The van der Waals surface area contributed by atoms with E-state index in [1.54, 1.807) is 0 Å². The van der Waals surface area contributed by atoms with Crippen molar-refractivity contribution < 1.29 is 14.2 Å². The largest absolute Gasteiger partial charge is 0.376 e. The van der Waals surface area contributed by atoms with E-state index in [4.69, 9.17) is 19.2 Å². The summed E-state index contributed by atoms with van der Waals surface area (Å²) in [6.07, 6.45) is 0.0499. The van der Waals surface area contributed by atoms with Crippen molar-refractivity contribution in [2.45, 2.75) is 39.0 Å². The second-order valence-electron chi connectivity index (χ2n) is 6.32. The van der Waals surface area contributed by atoms with E-state index in [0.29, 0.717) is 39.0 Å². The zero-order chi connectivity index (χ0) is 15.9. The topological polar surface area (TPSA) is 43.8 Å². The highest BCUT2D eigenvalue weighted by atomic mass is 16.6. The van der Waals surface area contributed by atoms with Crippen LogP contribution in [-0.4, -0.2) is 56.5 Å². The Bertz CT molecular complexity index is 457. The van der Waals surface area contributed by atoms with Crippen LogP contribution < -0.4 is 0 Å². The summed E-state index contributed by atoms with van der Waals surface area (Å²) in [5.74, 6) is 0.434. The molecule has 0 unspecified atom stereocenters. The van der Waals surface area contributed by atoms with Gasteiger partial charge in [0.15, 0.2) is 0 Å². The fraction of sp³-hybridized carbons (Fsp3) is 0.706. The molecule has 2 rings (SSSR count). The molecule has 1 fully saturated rings. The van der Waals surface area contributed by atoms with Gasteiger partial charge in [-0.25, -0.2) is 0 Å². The first kappa shape index (κ1) is 17.3. The molecule has 1 atom stereocenters. The molecule has 1 aromatic heterocycles. The third kappa shape index (κ3) is 5.32. The smallest absolute Gasteiger partial charge is 0.104 e. The molecule has 0 N–H and O–H groups in total. The van der Waals surface area contributed by atoms with E-state index in [-0.39, 0.29) is 6.10 Å². The molecule has 0 amide bonds. The molecule has 0 bridgehead atoms. The van der Waals surface area contributed by atoms with Gasteiger partial charge >= 0.3 is 0 Å². The molecule has 1 aromatic rings. The van der Waals surface area contributed by atoms with E-state index in [1.807, 2.05) is 0 Å². The van der Waals surface area contributed by atoms with E-state index in [9.17, 15) is 0 Å². The lowest BCUT2D eigenvalue weighted by Gasteiger charge is -2.23. The number of rotatable bonds is 7. The summed E-state index contributed by atoms with van der Waals surface area (Å²) in [5.41, 5.74) is 3.37. The lowest BCUT2D eigenvalue weighted by Crippen LogP contribution is -2.32. The Morgan fingerprint density at radius 1 is 1.32 bits per heavy atom. The van der Waals surface area contributed by atoms with Gasteiger partial charge in [0.25, 0.3) is 0 Å². The molecule has 0 aliphatic carbocycles. The van der Waals surface area contributed by atoms with Crippen LogP contribution in [0, 0.1) is 0 Å². The van der Waals surface area contributed by atoms with Crippen LogP contribution in [0.1, 0.15) is 36.7 Å². The summed E-state index contributed by atoms with van der Waals surface area (Å²) in [7, 11) is 4.11. The van der Waals surface area contributed by atoms with Gasteiger partial charge in [-0.1, -0.05) is 19.9 Å². The summed E-state index contributed by atoms with van der Waals surface area (Å²) in [6.45, 7) is 8.24. The summed E-state index contributed by atoms with van der Waals surface area (Å²) >= 11 is 0. The minimum atomic E-state index is 0.0499. The Kier molecular flexibility index (Phi) is 6.76. The summed E-state index contributed by atoms with van der Waals surface area (Å²) < 4.78 is 16.8. The number of hydrogen-bond acceptors (Lipinski definition) is 5. The Morgan fingerprint density at radius 3 is 2.77 bits per heavy atom. The summed E-state index contributed by atoms with van der Waals surface area (Å²) in [5, 5.41) is 0. The first-order chi connectivity index (χ1) is 10.6. The molecule has 1 aliphatic rings. The average molecular weight is 308 g/mol. The highest BCUT2D eigenvalue weighted by Crippen LogP contribution is 2.17. The number of pyridine rings is 1. The minimum Gasteiger partial charge on any atom is -0.376 e. The van der Waals surface area contributed by atoms with Crippen LogP contribution in [0.5, 0.6) is 0 Å². The van der Waals surface area contributed by atoms with Crippen molar-refractivity contribution in [2.75, 3.05) is 40.5 Å². The zero-order valence-corrected chi connectivity index (χ0v) is 14.2. The second-order valence-corrected chi connectivity index (χ2v) is 6.32. The zero-order valence-electron chi connectivity index (χ0n) is 14.2. The van der Waals surface area contributed by atoms with Gasteiger partial charge in [0.2, 0.25) is 0 Å². The Balaban J connectivity index is 1.95. The number of nitrogens with zero attached hydrogens (tertiary/aromatic N) is 2. The Morgan fingerprint density at radius 2 is 2.14 bits per heavy atom. The van der Waals surface area contributed by atoms with Gasteiger partial charge in [0, 0.05) is 17.8 Å². The fourth-order valence-corrected chi connectivity index (χ4v) is 2.37. The van der Waals surface area contributed by atoms with Crippen molar-refractivity contribution in [1.29, 1.82) is 0 Å². The molecule has 0 radical (unpaired) electrons. The standard InChI is InChI=1S/C17H28N2O3/c1-13(2)16-6-5-14(17(18-16)9-19(3)4)10-21-12-15-11-20-7-8-22-15/h5-6,13,15H,7-12H2,1-4H3/t15-/m1/s1. The molecule has 5 heteroatoms. The SMILES string of the molecule is CC(C)c1ccc(COC[C@H]2COCCO2)c(CN(C)C)n1. The van der Waals surface area contributed by atoms with Gasteiger partial charge in [-0.05, 0) is 26.1 Å². The van der Waals surface area contributed by atoms with Gasteiger partial charge in [-0.3, -0.25) is 4.98 Å². The molecular weight excluding hydrogens is 280 g/mol. The third-order valence-corrected chi connectivity index (χ3v) is 3.59. The fourth-order valence-electron chi connectivity index (χ4n) is 2.37. The van der Waals surface area contributed by atoms with Gasteiger partial charge in [0.05, 0.1) is 38.7 Å². The van der Waals surface area contributed by atoms with E-state index in [1.165, 1.54) is 0 Å². The van der Waals surface area contributed by atoms with E-state index < -0.39 is 0 Å². The molecular formula is C17H28N2O3. The molecule has 2 heterocycles. The van der Waals surface area contributed by atoms with E-state index in [0.717, 1.165) is 23.5 Å². The number of ether oxygens (including phenoxy) is 3. The predicted molar refractivity (Wildman–Crippen MR) is 85.9 cm³/mol. The molecule has 22 heavy (non-hydrogen) atoms. The van der Waals surface area contributed by atoms with Gasteiger partial charge in [-0.2, -0.15) is 0 Å². The summed E-state index contributed by atoms with van der Waals surface area (Å²) in [4.78, 5) is 6.93. The van der Waals surface area contributed by atoms with Crippen LogP contribution in [0.25, 0.3) is 0 Å². The minimum absolute atomic E-state index is 0.0499. The monoisotopic (exact) mass is 308 g/mol. The quantitative estimate of drug-likeness (QED) is 0.772. The van der Waals surface area contributed by atoms with Crippen molar-refractivity contribution in [3.05, 3.63) is 29.1 Å². The van der Waals surface area contributed by atoms with Crippen molar-refractivity contribution in [3.8, 4) is 0 Å². The van der Waals surface area contributed by atoms with Gasteiger partial charge in [-0.15, -0.1) is 0 Å². The van der Waals surface area contributed by atoms with E-state index in [2.05, 4.69) is 45.0 Å². The van der Waals surface area contributed by atoms with Crippen LogP contribution >= 0.6 is 0 Å². The van der Waals surface area contributed by atoms with Crippen molar-refractivity contribution >= 4 is 0 Å². The maximum absolute atomic E-state index is 5.82. The van der Waals surface area contributed by atoms with Crippen LogP contribution in [0.3, 0.4) is 0 Å². The lowest BCUT2D eigenvalue weighted by molar-refractivity contribution is -0.117.